The van der Waals surface area contributed by atoms with Crippen molar-refractivity contribution in [2.45, 2.75) is 12.3 Å². The molecule has 2 nitrogen and oxygen atoms in total. The van der Waals surface area contributed by atoms with Gasteiger partial charge in [0.1, 0.15) is 11.6 Å². The third-order valence-electron chi connectivity index (χ3n) is 3.09. The maximum absolute atomic E-state index is 13.8. The molecule has 0 bridgehead atoms. The number of benzene rings is 2. The molecule has 1 aromatic heterocycles. The molecule has 0 aliphatic rings. The van der Waals surface area contributed by atoms with E-state index in [0.29, 0.717) is 21.3 Å². The molecule has 0 N–H and O–H groups in total. The lowest BCUT2D eigenvalue weighted by Crippen LogP contribution is -2.01. The Morgan fingerprint density at radius 1 is 1.25 bits per heavy atom. The normalized spacial score (nSPS) is 12.8. The Kier molecular flexibility index (Phi) is 3.52. The standard InChI is InChI=1S/C15H11BrClFN2/c1-9(17)15-19-13-7-11(16)12(18)8-14(13)20(15)10-5-3-2-4-6-10/h2-9H,1H3. The number of aromatic nitrogens is 2. The number of para-hydroxylation sites is 1. The predicted molar refractivity (Wildman–Crippen MR) is 83.0 cm³/mol. The molecule has 0 amide bonds. The van der Waals surface area contributed by atoms with E-state index in [9.17, 15) is 4.39 Å². The van der Waals surface area contributed by atoms with E-state index in [1.165, 1.54) is 6.07 Å². The minimum absolute atomic E-state index is 0.274. The van der Waals surface area contributed by atoms with Gasteiger partial charge in [0.25, 0.3) is 0 Å². The van der Waals surface area contributed by atoms with Gasteiger partial charge in [-0.3, -0.25) is 4.57 Å². The van der Waals surface area contributed by atoms with Crippen molar-refractivity contribution in [1.82, 2.24) is 9.55 Å². The number of imidazole rings is 1. The average Bonchev–Trinajstić information content (AvgIpc) is 2.79. The molecular weight excluding hydrogens is 343 g/mol. The molecule has 102 valence electrons. The van der Waals surface area contributed by atoms with Crippen molar-refractivity contribution in [3.63, 3.8) is 0 Å². The summed E-state index contributed by atoms with van der Waals surface area (Å²) in [6.07, 6.45) is 0. The summed E-state index contributed by atoms with van der Waals surface area (Å²) >= 11 is 9.41. The number of hydrogen-bond donors (Lipinski definition) is 0. The van der Waals surface area contributed by atoms with Crippen LogP contribution in [0.2, 0.25) is 0 Å². The van der Waals surface area contributed by atoms with Crippen LogP contribution < -0.4 is 0 Å². The molecule has 5 heteroatoms. The van der Waals surface area contributed by atoms with E-state index < -0.39 is 0 Å². The molecule has 1 atom stereocenters. The summed E-state index contributed by atoms with van der Waals surface area (Å²) in [7, 11) is 0. The Bertz CT molecular complexity index is 768. The number of hydrogen-bond acceptors (Lipinski definition) is 1. The van der Waals surface area contributed by atoms with E-state index in [-0.39, 0.29) is 11.2 Å². The summed E-state index contributed by atoms with van der Waals surface area (Å²) in [5.41, 5.74) is 2.34. The molecule has 0 saturated heterocycles. The summed E-state index contributed by atoms with van der Waals surface area (Å²) in [5.74, 6) is 0.383. The molecule has 0 radical (unpaired) electrons. The lowest BCUT2D eigenvalue weighted by atomic mass is 10.2. The van der Waals surface area contributed by atoms with Crippen molar-refractivity contribution < 1.29 is 4.39 Å². The largest absolute Gasteiger partial charge is 0.295 e. The van der Waals surface area contributed by atoms with Gasteiger partial charge in [0.15, 0.2) is 0 Å². The van der Waals surface area contributed by atoms with Crippen molar-refractivity contribution in [3.8, 4) is 5.69 Å². The molecule has 1 heterocycles. The Hall–Kier alpha value is -1.39. The number of alkyl halides is 1. The molecule has 0 aliphatic heterocycles. The Labute approximate surface area is 129 Å². The number of halogens is 3. The molecule has 2 aromatic carbocycles. The maximum atomic E-state index is 13.8. The second-order valence-corrected chi connectivity index (χ2v) is 6.02. The first-order valence-corrected chi connectivity index (χ1v) is 7.38. The fraction of sp³-hybridized carbons (Fsp3) is 0.133. The highest BCUT2D eigenvalue weighted by Gasteiger charge is 2.17. The highest BCUT2D eigenvalue weighted by molar-refractivity contribution is 9.10. The topological polar surface area (TPSA) is 17.8 Å². The lowest BCUT2D eigenvalue weighted by molar-refractivity contribution is 0.622. The van der Waals surface area contributed by atoms with E-state index >= 15 is 0 Å². The lowest BCUT2D eigenvalue weighted by Gasteiger charge is -2.10. The van der Waals surface area contributed by atoms with Gasteiger partial charge in [-0.15, -0.1) is 11.6 Å². The predicted octanol–water partition coefficient (Wildman–Crippen LogP) is 5.23. The third kappa shape index (κ3) is 2.23. The SMILES string of the molecule is CC(Cl)c1nc2cc(Br)c(F)cc2n1-c1ccccc1. The van der Waals surface area contributed by atoms with Crippen molar-refractivity contribution in [2.24, 2.45) is 0 Å². The summed E-state index contributed by atoms with van der Waals surface area (Å²) in [6, 6.07) is 12.8. The van der Waals surface area contributed by atoms with Gasteiger partial charge in [-0.05, 0) is 41.1 Å². The van der Waals surface area contributed by atoms with Gasteiger partial charge in [-0.25, -0.2) is 9.37 Å². The summed E-state index contributed by atoms with van der Waals surface area (Å²) in [4.78, 5) is 4.52. The van der Waals surface area contributed by atoms with Gasteiger partial charge in [0.05, 0.1) is 20.9 Å². The summed E-state index contributed by atoms with van der Waals surface area (Å²) in [5, 5.41) is -0.274. The van der Waals surface area contributed by atoms with Crippen LogP contribution in [0.15, 0.2) is 46.9 Å². The van der Waals surface area contributed by atoms with E-state index in [2.05, 4.69) is 20.9 Å². The summed E-state index contributed by atoms with van der Waals surface area (Å²) < 4.78 is 16.1. The van der Waals surface area contributed by atoms with Gasteiger partial charge in [-0.2, -0.15) is 0 Å². The van der Waals surface area contributed by atoms with Gasteiger partial charge < -0.3 is 0 Å². The van der Waals surface area contributed by atoms with Gasteiger partial charge in [0.2, 0.25) is 0 Å². The van der Waals surface area contributed by atoms with Crippen molar-refractivity contribution in [3.05, 3.63) is 58.6 Å². The van der Waals surface area contributed by atoms with Crippen molar-refractivity contribution >= 4 is 38.6 Å². The van der Waals surface area contributed by atoms with Crippen LogP contribution in [0.25, 0.3) is 16.7 Å². The Morgan fingerprint density at radius 2 is 1.95 bits per heavy atom. The highest BCUT2D eigenvalue weighted by Crippen LogP contribution is 2.30. The highest BCUT2D eigenvalue weighted by atomic mass is 79.9. The number of nitrogens with zero attached hydrogens (tertiary/aromatic N) is 2. The third-order valence-corrected chi connectivity index (χ3v) is 3.90. The molecule has 0 aliphatic carbocycles. The molecule has 0 spiro atoms. The molecule has 3 rings (SSSR count). The molecule has 0 saturated carbocycles. The van der Waals surface area contributed by atoms with Crippen LogP contribution in [0.1, 0.15) is 18.1 Å². The number of fused-ring (bicyclic) bond motifs is 1. The molecule has 0 fully saturated rings. The second kappa shape index (κ2) is 5.19. The van der Waals surface area contributed by atoms with E-state index in [1.54, 1.807) is 6.07 Å². The first-order chi connectivity index (χ1) is 9.58. The van der Waals surface area contributed by atoms with E-state index in [4.69, 9.17) is 11.6 Å². The fourth-order valence-corrected chi connectivity index (χ4v) is 2.68. The quantitative estimate of drug-likeness (QED) is 0.577. The Morgan fingerprint density at radius 3 is 2.60 bits per heavy atom. The average molecular weight is 354 g/mol. The summed E-state index contributed by atoms with van der Waals surface area (Å²) in [6.45, 7) is 1.85. The zero-order chi connectivity index (χ0) is 14.3. The molecule has 20 heavy (non-hydrogen) atoms. The van der Waals surface area contributed by atoms with Crippen LogP contribution in [-0.4, -0.2) is 9.55 Å². The number of rotatable bonds is 2. The molecular formula is C15H11BrClFN2. The van der Waals surface area contributed by atoms with Crippen molar-refractivity contribution in [1.29, 1.82) is 0 Å². The van der Waals surface area contributed by atoms with E-state index in [1.807, 2.05) is 41.8 Å². The second-order valence-electron chi connectivity index (χ2n) is 4.51. The van der Waals surface area contributed by atoms with Crippen LogP contribution >= 0.6 is 27.5 Å². The first kappa shape index (κ1) is 13.6. The zero-order valence-electron chi connectivity index (χ0n) is 10.6. The van der Waals surface area contributed by atoms with Crippen LogP contribution in [0, 0.1) is 5.82 Å². The monoisotopic (exact) mass is 352 g/mol. The van der Waals surface area contributed by atoms with Gasteiger partial charge in [0, 0.05) is 11.8 Å². The first-order valence-electron chi connectivity index (χ1n) is 6.15. The van der Waals surface area contributed by atoms with Crippen LogP contribution in [0.5, 0.6) is 0 Å². The minimum Gasteiger partial charge on any atom is -0.295 e. The maximum Gasteiger partial charge on any atom is 0.139 e. The smallest absolute Gasteiger partial charge is 0.139 e. The molecule has 1 unspecified atom stereocenters. The minimum atomic E-state index is -0.316. The zero-order valence-corrected chi connectivity index (χ0v) is 13.0. The Balaban J connectivity index is 2.38. The van der Waals surface area contributed by atoms with Crippen LogP contribution in [-0.2, 0) is 0 Å². The van der Waals surface area contributed by atoms with Gasteiger partial charge >= 0.3 is 0 Å². The molecule has 3 aromatic rings. The van der Waals surface area contributed by atoms with Gasteiger partial charge in [-0.1, -0.05) is 18.2 Å². The van der Waals surface area contributed by atoms with Crippen molar-refractivity contribution in [2.75, 3.05) is 0 Å². The van der Waals surface area contributed by atoms with E-state index in [0.717, 1.165) is 5.69 Å². The van der Waals surface area contributed by atoms with Crippen LogP contribution in [0.3, 0.4) is 0 Å². The fourth-order valence-electron chi connectivity index (χ4n) is 2.21. The van der Waals surface area contributed by atoms with Crippen LogP contribution in [0.4, 0.5) is 4.39 Å².